The van der Waals surface area contributed by atoms with E-state index in [2.05, 4.69) is 5.32 Å². The average molecular weight is 502 g/mol. The first kappa shape index (κ1) is 24.6. The van der Waals surface area contributed by atoms with Crippen LogP contribution in [0.2, 0.25) is 0 Å². The lowest BCUT2D eigenvalue weighted by Crippen LogP contribution is -2.55. The fourth-order valence-corrected chi connectivity index (χ4v) is 4.58. The van der Waals surface area contributed by atoms with Crippen molar-refractivity contribution in [3.8, 4) is 6.07 Å². The molecule has 4 N–H and O–H groups in total. The molecular weight excluding hydrogens is 474 g/mol. The number of ether oxygens (including phenoxy) is 1. The van der Waals surface area contributed by atoms with Gasteiger partial charge in [-0.25, -0.2) is 0 Å². The third-order valence-corrected chi connectivity index (χ3v) is 6.82. The zero-order valence-corrected chi connectivity index (χ0v) is 20.1. The van der Waals surface area contributed by atoms with Crippen LogP contribution in [0.3, 0.4) is 0 Å². The number of carbonyl (C=O) groups is 2. The number of pyridine rings is 1. The zero-order valence-electron chi connectivity index (χ0n) is 20.1. The van der Waals surface area contributed by atoms with Gasteiger partial charge in [-0.2, -0.15) is 5.26 Å². The number of hydrogen-bond acceptors (Lipinski definition) is 7. The van der Waals surface area contributed by atoms with Crippen LogP contribution >= 0.6 is 0 Å². The van der Waals surface area contributed by atoms with E-state index in [0.29, 0.717) is 35.0 Å². The summed E-state index contributed by atoms with van der Waals surface area (Å²) in [6.45, 7) is 1.11. The molecule has 2 atom stereocenters. The number of nitriles is 1. The Hall–Kier alpha value is -4.04. The number of nitrogens with one attached hydrogen (secondary N) is 1. The standard InChI is InChI=1S/C27H27N5O5/c28-13-18-3-6-20(11-19(18)14-29)30-26(35)24(34)25-27(36)31(9-10-37-25)21-7-4-17-5-8-23(33)32(22(17)12-21)15-16-1-2-16/h3-8,11-12,16,24-25,34H,1-2,9-10,14-15,29H2,(H,30,35)/t24-,25-/m1/s1. The van der Waals surface area contributed by atoms with E-state index in [-0.39, 0.29) is 25.3 Å². The quantitative estimate of drug-likeness (QED) is 0.444. The number of nitrogens with two attached hydrogens (primary N) is 1. The third kappa shape index (κ3) is 4.97. The van der Waals surface area contributed by atoms with Gasteiger partial charge in [-0.15, -0.1) is 0 Å². The molecule has 2 amide bonds. The van der Waals surface area contributed by atoms with Crippen LogP contribution < -0.4 is 21.5 Å². The van der Waals surface area contributed by atoms with Gasteiger partial charge in [0.2, 0.25) is 0 Å². The summed E-state index contributed by atoms with van der Waals surface area (Å²) in [5, 5.41) is 23.3. The molecule has 1 saturated heterocycles. The topological polar surface area (TPSA) is 151 Å². The number of amides is 2. The molecule has 2 fully saturated rings. The minimum absolute atomic E-state index is 0.0876. The van der Waals surface area contributed by atoms with Crippen molar-refractivity contribution in [2.45, 2.75) is 38.1 Å². The molecule has 1 aromatic heterocycles. The Bertz CT molecular complexity index is 1470. The Labute approximate surface area is 212 Å². The van der Waals surface area contributed by atoms with E-state index >= 15 is 0 Å². The highest BCUT2D eigenvalue weighted by Gasteiger charge is 2.39. The number of morpholine rings is 1. The summed E-state index contributed by atoms with van der Waals surface area (Å²) in [5.74, 6) is -0.875. The monoisotopic (exact) mass is 501 g/mol. The second-order valence-corrected chi connectivity index (χ2v) is 9.37. The molecule has 5 rings (SSSR count). The number of carbonyl (C=O) groups excluding carboxylic acids is 2. The van der Waals surface area contributed by atoms with E-state index in [9.17, 15) is 19.5 Å². The van der Waals surface area contributed by atoms with Gasteiger partial charge in [0.05, 0.1) is 23.8 Å². The lowest BCUT2D eigenvalue weighted by atomic mass is 10.1. The van der Waals surface area contributed by atoms with Crippen LogP contribution in [-0.2, 0) is 27.4 Å². The molecule has 37 heavy (non-hydrogen) atoms. The van der Waals surface area contributed by atoms with Crippen molar-refractivity contribution in [1.82, 2.24) is 4.57 Å². The smallest absolute Gasteiger partial charge is 0.259 e. The second-order valence-electron chi connectivity index (χ2n) is 9.37. The summed E-state index contributed by atoms with van der Waals surface area (Å²) < 4.78 is 7.26. The van der Waals surface area contributed by atoms with Crippen molar-refractivity contribution in [1.29, 1.82) is 5.26 Å². The first-order valence-electron chi connectivity index (χ1n) is 12.2. The number of rotatable bonds is 7. The van der Waals surface area contributed by atoms with Crippen molar-refractivity contribution < 1.29 is 19.4 Å². The van der Waals surface area contributed by atoms with Crippen LogP contribution in [0.15, 0.2) is 53.3 Å². The van der Waals surface area contributed by atoms with E-state index in [1.165, 1.54) is 17.0 Å². The number of fused-ring (bicyclic) bond motifs is 1. The normalized spacial score (nSPS) is 18.5. The lowest BCUT2D eigenvalue weighted by Gasteiger charge is -2.34. The largest absolute Gasteiger partial charge is 0.380 e. The number of hydrogen-bond donors (Lipinski definition) is 3. The molecular formula is C27H27N5O5. The maximum atomic E-state index is 13.3. The van der Waals surface area contributed by atoms with Gasteiger partial charge < -0.3 is 30.4 Å². The predicted molar refractivity (Wildman–Crippen MR) is 137 cm³/mol. The molecule has 10 heteroatoms. The van der Waals surface area contributed by atoms with Gasteiger partial charge in [-0.3, -0.25) is 14.4 Å². The molecule has 190 valence electrons. The van der Waals surface area contributed by atoms with Crippen LogP contribution in [0, 0.1) is 17.2 Å². The molecule has 0 radical (unpaired) electrons. The summed E-state index contributed by atoms with van der Waals surface area (Å²) in [6, 6.07) is 15.4. The summed E-state index contributed by atoms with van der Waals surface area (Å²) in [7, 11) is 0. The maximum absolute atomic E-state index is 13.3. The first-order valence-corrected chi connectivity index (χ1v) is 12.2. The lowest BCUT2D eigenvalue weighted by molar-refractivity contribution is -0.150. The number of nitrogens with zero attached hydrogens (tertiary/aromatic N) is 3. The van der Waals surface area contributed by atoms with Crippen LogP contribution in [0.4, 0.5) is 11.4 Å². The van der Waals surface area contributed by atoms with E-state index < -0.39 is 24.0 Å². The molecule has 2 aliphatic rings. The highest BCUT2D eigenvalue weighted by atomic mass is 16.5. The van der Waals surface area contributed by atoms with Crippen molar-refractivity contribution in [2.75, 3.05) is 23.4 Å². The van der Waals surface area contributed by atoms with E-state index in [1.54, 1.807) is 34.9 Å². The third-order valence-electron chi connectivity index (χ3n) is 6.82. The van der Waals surface area contributed by atoms with Crippen molar-refractivity contribution in [3.05, 3.63) is 70.0 Å². The molecule has 3 aromatic rings. The Balaban J connectivity index is 1.36. The van der Waals surface area contributed by atoms with Crippen molar-refractivity contribution in [2.24, 2.45) is 11.7 Å². The minimum Gasteiger partial charge on any atom is -0.380 e. The second kappa shape index (κ2) is 10.1. The van der Waals surface area contributed by atoms with Crippen LogP contribution in [-0.4, -0.2) is 46.8 Å². The number of anilines is 2. The van der Waals surface area contributed by atoms with E-state index in [1.807, 2.05) is 12.1 Å². The number of aliphatic hydroxyl groups is 1. The predicted octanol–water partition coefficient (Wildman–Crippen LogP) is 1.47. The summed E-state index contributed by atoms with van der Waals surface area (Å²) >= 11 is 0. The fraction of sp³-hybridized carbons (Fsp3) is 0.333. The Morgan fingerprint density at radius 3 is 2.70 bits per heavy atom. The van der Waals surface area contributed by atoms with E-state index in [4.69, 9.17) is 15.7 Å². The molecule has 0 unspecified atom stereocenters. The van der Waals surface area contributed by atoms with E-state index in [0.717, 1.165) is 23.7 Å². The molecule has 0 spiro atoms. The summed E-state index contributed by atoms with van der Waals surface area (Å²) in [4.78, 5) is 40.1. The van der Waals surface area contributed by atoms with Gasteiger partial charge in [-0.1, -0.05) is 6.07 Å². The molecule has 1 saturated carbocycles. The number of aliphatic hydroxyl groups excluding tert-OH is 1. The highest BCUT2D eigenvalue weighted by Crippen LogP contribution is 2.32. The van der Waals surface area contributed by atoms with Crippen LogP contribution in [0.1, 0.15) is 24.0 Å². The molecule has 2 aromatic carbocycles. The minimum atomic E-state index is -1.76. The highest BCUT2D eigenvalue weighted by molar-refractivity contribution is 6.04. The molecule has 0 bridgehead atoms. The Kier molecular flexibility index (Phi) is 6.76. The average Bonchev–Trinajstić information content (AvgIpc) is 3.74. The van der Waals surface area contributed by atoms with Gasteiger partial charge in [0.1, 0.15) is 0 Å². The molecule has 10 nitrogen and oxygen atoms in total. The van der Waals surface area contributed by atoms with Crippen molar-refractivity contribution in [3.63, 3.8) is 0 Å². The Morgan fingerprint density at radius 1 is 1.19 bits per heavy atom. The first-order chi connectivity index (χ1) is 17.9. The van der Waals surface area contributed by atoms with Crippen LogP contribution in [0.5, 0.6) is 0 Å². The molecule has 1 aliphatic heterocycles. The fourth-order valence-electron chi connectivity index (χ4n) is 4.58. The van der Waals surface area contributed by atoms with Gasteiger partial charge in [-0.05, 0) is 66.1 Å². The summed E-state index contributed by atoms with van der Waals surface area (Å²) in [5.41, 5.74) is 8.15. The van der Waals surface area contributed by atoms with Crippen molar-refractivity contribution >= 4 is 34.1 Å². The van der Waals surface area contributed by atoms with Gasteiger partial charge in [0.25, 0.3) is 17.4 Å². The number of aromatic nitrogens is 1. The zero-order chi connectivity index (χ0) is 26.1. The van der Waals surface area contributed by atoms with Gasteiger partial charge in [0.15, 0.2) is 12.2 Å². The summed E-state index contributed by atoms with van der Waals surface area (Å²) in [6.07, 6.45) is -0.966. The Morgan fingerprint density at radius 2 is 1.97 bits per heavy atom. The number of benzene rings is 2. The van der Waals surface area contributed by atoms with Gasteiger partial charge >= 0.3 is 0 Å². The molecule has 1 aliphatic carbocycles. The SMILES string of the molecule is N#Cc1ccc(NC(=O)[C@H](O)[C@H]2OCCN(c3ccc4ccc(=O)n(CC5CC5)c4c3)C2=O)cc1CN. The maximum Gasteiger partial charge on any atom is 0.259 e. The van der Waals surface area contributed by atoms with Gasteiger partial charge in [0, 0.05) is 37.1 Å². The molecule has 2 heterocycles. The van der Waals surface area contributed by atoms with Crippen LogP contribution in [0.25, 0.3) is 10.9 Å².